The Hall–Kier alpha value is -2.27. The van der Waals surface area contributed by atoms with Gasteiger partial charge in [0.2, 0.25) is 5.91 Å². The molecule has 2 aromatic rings. The average Bonchev–Trinajstić information content (AvgIpc) is 2.49. The third-order valence-electron chi connectivity index (χ3n) is 3.83. The quantitative estimate of drug-likeness (QED) is 0.945. The van der Waals surface area contributed by atoms with Crippen molar-refractivity contribution in [1.82, 2.24) is 15.2 Å². The van der Waals surface area contributed by atoms with E-state index in [0.29, 0.717) is 25.2 Å². The van der Waals surface area contributed by atoms with E-state index in [1.165, 1.54) is 6.07 Å². The zero-order valence-corrected chi connectivity index (χ0v) is 12.4. The van der Waals surface area contributed by atoms with E-state index in [1.54, 1.807) is 30.6 Å². The summed E-state index contributed by atoms with van der Waals surface area (Å²) in [5.74, 6) is -0.506. The van der Waals surface area contributed by atoms with Crippen LogP contribution in [0.3, 0.4) is 0 Å². The van der Waals surface area contributed by atoms with E-state index in [-0.39, 0.29) is 11.7 Å². The largest absolute Gasteiger partial charge is 0.353 e. The molecule has 1 amide bonds. The van der Waals surface area contributed by atoms with Crippen LogP contribution in [0.15, 0.2) is 42.7 Å². The molecule has 0 saturated carbocycles. The lowest BCUT2D eigenvalue weighted by Crippen LogP contribution is -2.49. The molecule has 0 unspecified atom stereocenters. The number of nitrogens with one attached hydrogen (secondary N) is 1. The Balaban J connectivity index is 1.90. The van der Waals surface area contributed by atoms with E-state index >= 15 is 0 Å². The lowest BCUT2D eigenvalue weighted by Gasteiger charge is -2.35. The molecule has 1 aliphatic rings. The van der Waals surface area contributed by atoms with Gasteiger partial charge in [-0.05, 0) is 24.1 Å². The molecule has 1 saturated heterocycles. The number of aryl methyl sites for hydroxylation is 1. The minimum absolute atomic E-state index is 0.156. The van der Waals surface area contributed by atoms with Crippen molar-refractivity contribution < 1.29 is 9.18 Å². The predicted molar refractivity (Wildman–Crippen MR) is 81.5 cm³/mol. The summed E-state index contributed by atoms with van der Waals surface area (Å²) in [6.45, 7) is 3.80. The fourth-order valence-corrected chi connectivity index (χ4v) is 2.86. The first-order valence-corrected chi connectivity index (χ1v) is 7.32. The topological polar surface area (TPSA) is 45.2 Å². The smallest absolute Gasteiger partial charge is 0.242 e. The fraction of sp³-hybridized carbons (Fsp3) is 0.294. The van der Waals surface area contributed by atoms with Crippen LogP contribution in [-0.4, -0.2) is 28.9 Å². The molecule has 1 aromatic carbocycles. The van der Waals surface area contributed by atoms with Gasteiger partial charge in [0.1, 0.15) is 11.9 Å². The minimum Gasteiger partial charge on any atom is -0.353 e. The SMILES string of the molecule is Cc1cncc(CN2CCNC(=O)[C@H]2c2ccccc2F)c1. The molecule has 3 rings (SSSR count). The number of carbonyl (C=O) groups excluding carboxylic acids is 1. The monoisotopic (exact) mass is 299 g/mol. The highest BCUT2D eigenvalue weighted by Gasteiger charge is 2.32. The highest BCUT2D eigenvalue weighted by Crippen LogP contribution is 2.27. The standard InChI is InChI=1S/C17H18FN3O/c1-12-8-13(10-19-9-12)11-21-7-6-20-17(22)16(21)14-4-2-3-5-15(14)18/h2-5,8-10,16H,6-7,11H2,1H3,(H,20,22)/t16-/m1/s1. The first-order chi connectivity index (χ1) is 10.6. The molecular formula is C17H18FN3O. The molecular weight excluding hydrogens is 281 g/mol. The molecule has 22 heavy (non-hydrogen) atoms. The molecule has 0 bridgehead atoms. The van der Waals surface area contributed by atoms with Crippen molar-refractivity contribution in [2.45, 2.75) is 19.5 Å². The van der Waals surface area contributed by atoms with Gasteiger partial charge < -0.3 is 5.32 Å². The summed E-state index contributed by atoms with van der Waals surface area (Å²) in [6, 6.07) is 7.89. The lowest BCUT2D eigenvalue weighted by atomic mass is 10.0. The molecule has 1 atom stereocenters. The molecule has 114 valence electrons. The van der Waals surface area contributed by atoms with Crippen LogP contribution < -0.4 is 5.32 Å². The van der Waals surface area contributed by atoms with Gasteiger partial charge in [-0.25, -0.2) is 4.39 Å². The van der Waals surface area contributed by atoms with Crippen LogP contribution in [0.2, 0.25) is 0 Å². The maximum Gasteiger partial charge on any atom is 0.242 e. The number of amides is 1. The Morgan fingerprint density at radius 3 is 2.95 bits per heavy atom. The van der Waals surface area contributed by atoms with E-state index in [0.717, 1.165) is 11.1 Å². The molecule has 1 aromatic heterocycles. The highest BCUT2D eigenvalue weighted by atomic mass is 19.1. The van der Waals surface area contributed by atoms with Crippen molar-refractivity contribution in [2.75, 3.05) is 13.1 Å². The number of pyridine rings is 1. The van der Waals surface area contributed by atoms with Gasteiger partial charge in [-0.2, -0.15) is 0 Å². The zero-order chi connectivity index (χ0) is 15.5. The molecule has 5 heteroatoms. The van der Waals surface area contributed by atoms with Crippen LogP contribution in [0, 0.1) is 12.7 Å². The maximum absolute atomic E-state index is 14.1. The molecule has 4 nitrogen and oxygen atoms in total. The van der Waals surface area contributed by atoms with Crippen LogP contribution in [0.4, 0.5) is 4.39 Å². The number of piperazine rings is 1. The summed E-state index contributed by atoms with van der Waals surface area (Å²) in [4.78, 5) is 18.5. The van der Waals surface area contributed by atoms with Crippen molar-refractivity contribution >= 4 is 5.91 Å². The van der Waals surface area contributed by atoms with E-state index in [1.807, 2.05) is 17.9 Å². The van der Waals surface area contributed by atoms with E-state index in [9.17, 15) is 9.18 Å². The van der Waals surface area contributed by atoms with Crippen LogP contribution in [0.1, 0.15) is 22.7 Å². The van der Waals surface area contributed by atoms with Gasteiger partial charge >= 0.3 is 0 Å². The fourth-order valence-electron chi connectivity index (χ4n) is 2.86. The van der Waals surface area contributed by atoms with Crippen molar-refractivity contribution in [1.29, 1.82) is 0 Å². The summed E-state index contributed by atoms with van der Waals surface area (Å²) < 4.78 is 14.1. The number of aromatic nitrogens is 1. The average molecular weight is 299 g/mol. The van der Waals surface area contributed by atoms with Gasteiger partial charge in [-0.1, -0.05) is 24.3 Å². The summed E-state index contributed by atoms with van der Waals surface area (Å²) in [5.41, 5.74) is 2.51. The van der Waals surface area contributed by atoms with Gasteiger partial charge in [-0.3, -0.25) is 14.7 Å². The van der Waals surface area contributed by atoms with Gasteiger partial charge in [0.15, 0.2) is 0 Å². The van der Waals surface area contributed by atoms with Gasteiger partial charge in [0.05, 0.1) is 0 Å². The Morgan fingerprint density at radius 1 is 1.36 bits per heavy atom. The zero-order valence-electron chi connectivity index (χ0n) is 12.4. The number of hydrogen-bond donors (Lipinski definition) is 1. The van der Waals surface area contributed by atoms with Gasteiger partial charge in [0.25, 0.3) is 0 Å². The second-order valence-electron chi connectivity index (χ2n) is 5.56. The normalized spacial score (nSPS) is 19.0. The number of nitrogens with zero attached hydrogens (tertiary/aromatic N) is 2. The minimum atomic E-state index is -0.601. The van der Waals surface area contributed by atoms with Crippen LogP contribution in [0.25, 0.3) is 0 Å². The number of halogens is 1. The van der Waals surface area contributed by atoms with Crippen molar-refractivity contribution in [3.05, 3.63) is 65.2 Å². The van der Waals surface area contributed by atoms with Crippen molar-refractivity contribution in [3.8, 4) is 0 Å². The van der Waals surface area contributed by atoms with E-state index in [2.05, 4.69) is 10.3 Å². The first kappa shape index (κ1) is 14.7. The molecule has 1 fully saturated rings. The third kappa shape index (κ3) is 2.99. The third-order valence-corrected chi connectivity index (χ3v) is 3.83. The van der Waals surface area contributed by atoms with Crippen molar-refractivity contribution in [2.24, 2.45) is 0 Å². The second-order valence-corrected chi connectivity index (χ2v) is 5.56. The Labute approximate surface area is 129 Å². The summed E-state index contributed by atoms with van der Waals surface area (Å²) in [7, 11) is 0. The lowest BCUT2D eigenvalue weighted by molar-refractivity contribution is -0.129. The van der Waals surface area contributed by atoms with Crippen LogP contribution in [-0.2, 0) is 11.3 Å². The molecule has 0 aliphatic carbocycles. The highest BCUT2D eigenvalue weighted by molar-refractivity contribution is 5.84. The Kier molecular flexibility index (Phi) is 4.15. The molecule has 1 N–H and O–H groups in total. The Morgan fingerprint density at radius 2 is 2.18 bits per heavy atom. The number of carbonyl (C=O) groups is 1. The van der Waals surface area contributed by atoms with Gasteiger partial charge in [0, 0.05) is 37.6 Å². The van der Waals surface area contributed by atoms with E-state index < -0.39 is 6.04 Å². The molecule has 1 aliphatic heterocycles. The summed E-state index contributed by atoms with van der Waals surface area (Å²) in [5, 5.41) is 2.82. The number of benzene rings is 1. The molecule has 0 spiro atoms. The summed E-state index contributed by atoms with van der Waals surface area (Å²) in [6.07, 6.45) is 3.58. The van der Waals surface area contributed by atoms with E-state index in [4.69, 9.17) is 0 Å². The van der Waals surface area contributed by atoms with Crippen LogP contribution in [0.5, 0.6) is 0 Å². The predicted octanol–water partition coefficient (Wildman–Crippen LogP) is 2.20. The second kappa shape index (κ2) is 6.23. The Bertz CT molecular complexity index is 689. The van der Waals surface area contributed by atoms with Crippen LogP contribution >= 0.6 is 0 Å². The number of hydrogen-bond acceptors (Lipinski definition) is 3. The maximum atomic E-state index is 14.1. The molecule has 0 radical (unpaired) electrons. The first-order valence-electron chi connectivity index (χ1n) is 7.32. The number of rotatable bonds is 3. The summed E-state index contributed by atoms with van der Waals surface area (Å²) >= 11 is 0. The molecule has 2 heterocycles. The van der Waals surface area contributed by atoms with Gasteiger partial charge in [-0.15, -0.1) is 0 Å². The van der Waals surface area contributed by atoms with Crippen molar-refractivity contribution in [3.63, 3.8) is 0 Å².